The standard InChI is InChI=1S/C33H49NO7S/c1-2-3-4-5-6-7-8-9-10-11-12-13-14-17-21-34-31(36)27-24-28(25-19-15-16-20-26(25)29(27)35)41-22-18-23-42-30(32(37)38)33(39)40/h15-16,19-20,24,30,35H,2-14,17-18,21-23H2,1H3,(H,34,36)(H,37,38)(H,39,40). The Kier molecular flexibility index (Phi) is 17.5. The summed E-state index contributed by atoms with van der Waals surface area (Å²) in [6, 6.07) is 8.63. The minimum Gasteiger partial charge on any atom is -0.506 e. The van der Waals surface area contributed by atoms with Gasteiger partial charge in [0.05, 0.1) is 12.2 Å². The van der Waals surface area contributed by atoms with Gasteiger partial charge in [0.25, 0.3) is 5.91 Å². The van der Waals surface area contributed by atoms with Gasteiger partial charge in [-0.3, -0.25) is 14.4 Å². The molecule has 1 amide bonds. The molecule has 0 bridgehead atoms. The first kappa shape index (κ1) is 35.3. The second kappa shape index (κ2) is 20.9. The Morgan fingerprint density at radius 1 is 0.786 bits per heavy atom. The number of rotatable bonds is 24. The molecule has 0 radical (unpaired) electrons. The van der Waals surface area contributed by atoms with Crippen LogP contribution in [0.4, 0.5) is 0 Å². The van der Waals surface area contributed by atoms with Gasteiger partial charge in [-0.25, -0.2) is 0 Å². The zero-order valence-electron chi connectivity index (χ0n) is 25.1. The molecule has 9 heteroatoms. The van der Waals surface area contributed by atoms with Crippen LogP contribution in [0.15, 0.2) is 30.3 Å². The highest BCUT2D eigenvalue weighted by molar-refractivity contribution is 8.01. The number of carboxylic acids is 2. The zero-order chi connectivity index (χ0) is 30.6. The van der Waals surface area contributed by atoms with Crippen molar-refractivity contribution in [1.82, 2.24) is 5.32 Å². The number of fused-ring (bicyclic) bond motifs is 1. The number of carbonyl (C=O) groups excluding carboxylic acids is 1. The summed E-state index contributed by atoms with van der Waals surface area (Å²) in [5, 5.41) is 31.4. The molecule has 0 atom stereocenters. The molecule has 0 aliphatic rings. The summed E-state index contributed by atoms with van der Waals surface area (Å²) >= 11 is 0.827. The number of aromatic hydroxyl groups is 1. The molecule has 2 aromatic carbocycles. The number of thioether (sulfide) groups is 1. The number of carboxylic acid groups (broad SMARTS) is 2. The Morgan fingerprint density at radius 3 is 1.86 bits per heavy atom. The largest absolute Gasteiger partial charge is 0.506 e. The number of hydrogen-bond acceptors (Lipinski definition) is 6. The van der Waals surface area contributed by atoms with Crippen molar-refractivity contribution in [2.75, 3.05) is 18.9 Å². The highest BCUT2D eigenvalue weighted by atomic mass is 32.2. The van der Waals surface area contributed by atoms with Crippen LogP contribution in [0, 0.1) is 0 Å². The van der Waals surface area contributed by atoms with E-state index < -0.39 is 17.2 Å². The maximum atomic E-state index is 12.9. The van der Waals surface area contributed by atoms with Gasteiger partial charge in [0, 0.05) is 17.3 Å². The number of carbonyl (C=O) groups is 3. The van der Waals surface area contributed by atoms with Gasteiger partial charge in [-0.05, 0) is 24.7 Å². The Hall–Kier alpha value is -2.94. The van der Waals surface area contributed by atoms with Crippen molar-refractivity contribution >= 4 is 40.4 Å². The van der Waals surface area contributed by atoms with Crippen molar-refractivity contribution in [3.63, 3.8) is 0 Å². The summed E-state index contributed by atoms with van der Waals surface area (Å²) in [5.74, 6) is -2.52. The van der Waals surface area contributed by atoms with Gasteiger partial charge in [0.15, 0.2) is 5.25 Å². The molecule has 2 aromatic rings. The SMILES string of the molecule is CCCCCCCCCCCCCCCCNC(=O)c1cc(OCCCSC(C(=O)O)C(=O)O)c2ccccc2c1O. The normalized spacial score (nSPS) is 11.2. The number of aliphatic carboxylic acids is 2. The number of amides is 1. The monoisotopic (exact) mass is 603 g/mol. The average molecular weight is 604 g/mol. The van der Waals surface area contributed by atoms with E-state index in [-0.39, 0.29) is 29.6 Å². The molecule has 0 unspecified atom stereocenters. The summed E-state index contributed by atoms with van der Waals surface area (Å²) in [6.45, 7) is 2.99. The van der Waals surface area contributed by atoms with Crippen LogP contribution >= 0.6 is 11.8 Å². The van der Waals surface area contributed by atoms with E-state index in [1.54, 1.807) is 18.2 Å². The second-order valence-corrected chi connectivity index (χ2v) is 12.0. The van der Waals surface area contributed by atoms with Gasteiger partial charge in [0.1, 0.15) is 11.5 Å². The van der Waals surface area contributed by atoms with E-state index >= 15 is 0 Å². The lowest BCUT2D eigenvalue weighted by atomic mass is 10.0. The Morgan fingerprint density at radius 2 is 1.31 bits per heavy atom. The van der Waals surface area contributed by atoms with Crippen LogP contribution in [0.2, 0.25) is 0 Å². The summed E-state index contributed by atoms with van der Waals surface area (Å²) in [4.78, 5) is 35.0. The van der Waals surface area contributed by atoms with Gasteiger partial charge in [-0.1, -0.05) is 115 Å². The number of nitrogens with one attached hydrogen (secondary N) is 1. The van der Waals surface area contributed by atoms with Crippen LogP contribution in [0.25, 0.3) is 10.8 Å². The molecule has 8 nitrogen and oxygen atoms in total. The summed E-state index contributed by atoms with van der Waals surface area (Å²) in [7, 11) is 0. The fourth-order valence-corrected chi connectivity index (χ4v) is 5.73. The highest BCUT2D eigenvalue weighted by Crippen LogP contribution is 2.36. The number of phenolic OH excluding ortho intramolecular Hbond substituents is 1. The topological polar surface area (TPSA) is 133 Å². The van der Waals surface area contributed by atoms with Crippen molar-refractivity contribution in [2.24, 2.45) is 0 Å². The van der Waals surface area contributed by atoms with Crippen LogP contribution in [0.1, 0.15) is 114 Å². The van der Waals surface area contributed by atoms with E-state index in [1.165, 1.54) is 76.7 Å². The minimum absolute atomic E-state index is 0.0993. The summed E-state index contributed by atoms with van der Waals surface area (Å²) < 4.78 is 5.90. The molecular weight excluding hydrogens is 554 g/mol. The van der Waals surface area contributed by atoms with Crippen LogP contribution < -0.4 is 10.1 Å². The number of unbranched alkanes of at least 4 members (excludes halogenated alkanes) is 13. The molecule has 2 rings (SSSR count). The number of benzene rings is 2. The van der Waals surface area contributed by atoms with E-state index in [2.05, 4.69) is 12.2 Å². The number of ether oxygens (including phenoxy) is 1. The smallest absolute Gasteiger partial charge is 0.328 e. The van der Waals surface area contributed by atoms with Crippen LogP contribution in [0.5, 0.6) is 11.5 Å². The fraction of sp³-hybridized carbons (Fsp3) is 0.606. The third-order valence-electron chi connectivity index (χ3n) is 7.32. The third-order valence-corrected chi connectivity index (χ3v) is 8.58. The third kappa shape index (κ3) is 12.9. The van der Waals surface area contributed by atoms with Crippen molar-refractivity contribution in [2.45, 2.75) is 108 Å². The van der Waals surface area contributed by atoms with Gasteiger partial charge >= 0.3 is 11.9 Å². The van der Waals surface area contributed by atoms with Crippen LogP contribution in [0.3, 0.4) is 0 Å². The number of hydrogen-bond donors (Lipinski definition) is 4. The molecular formula is C33H49NO7S. The zero-order valence-corrected chi connectivity index (χ0v) is 25.9. The Balaban J connectivity index is 1.72. The lowest BCUT2D eigenvalue weighted by Crippen LogP contribution is -2.26. The van der Waals surface area contributed by atoms with Crippen LogP contribution in [-0.2, 0) is 9.59 Å². The van der Waals surface area contributed by atoms with E-state index in [0.29, 0.717) is 29.5 Å². The van der Waals surface area contributed by atoms with Crippen molar-refractivity contribution in [1.29, 1.82) is 0 Å². The van der Waals surface area contributed by atoms with Crippen LogP contribution in [-0.4, -0.2) is 57.3 Å². The molecule has 0 saturated carbocycles. The molecule has 4 N–H and O–H groups in total. The lowest BCUT2D eigenvalue weighted by Gasteiger charge is -2.14. The Bertz CT molecular complexity index is 1090. The van der Waals surface area contributed by atoms with Crippen molar-refractivity contribution < 1.29 is 34.4 Å². The van der Waals surface area contributed by atoms with Gasteiger partial charge < -0.3 is 25.4 Å². The molecule has 42 heavy (non-hydrogen) atoms. The first-order valence-electron chi connectivity index (χ1n) is 15.6. The van der Waals surface area contributed by atoms with Gasteiger partial charge in [-0.2, -0.15) is 0 Å². The predicted molar refractivity (Wildman–Crippen MR) is 170 cm³/mol. The number of phenols is 1. The van der Waals surface area contributed by atoms with E-state index in [9.17, 15) is 19.5 Å². The van der Waals surface area contributed by atoms with Gasteiger partial charge in [-0.15, -0.1) is 11.8 Å². The molecule has 0 fully saturated rings. The molecule has 0 spiro atoms. The maximum Gasteiger partial charge on any atom is 0.328 e. The van der Waals surface area contributed by atoms with Crippen molar-refractivity contribution in [3.8, 4) is 11.5 Å². The maximum absolute atomic E-state index is 12.9. The lowest BCUT2D eigenvalue weighted by molar-refractivity contribution is -0.146. The van der Waals surface area contributed by atoms with Gasteiger partial charge in [0.2, 0.25) is 0 Å². The molecule has 234 valence electrons. The quantitative estimate of drug-likeness (QED) is 0.0706. The minimum atomic E-state index is -1.52. The molecule has 0 aliphatic carbocycles. The highest BCUT2D eigenvalue weighted by Gasteiger charge is 2.25. The van der Waals surface area contributed by atoms with Crippen molar-refractivity contribution in [3.05, 3.63) is 35.9 Å². The average Bonchev–Trinajstić information content (AvgIpc) is 2.97. The summed E-state index contributed by atoms with van der Waals surface area (Å²) in [5.41, 5.74) is 0.139. The fourth-order valence-electron chi connectivity index (χ4n) is 4.93. The molecule has 0 saturated heterocycles. The first-order valence-corrected chi connectivity index (χ1v) is 16.6. The molecule has 0 aliphatic heterocycles. The second-order valence-electron chi connectivity index (χ2n) is 10.8. The first-order chi connectivity index (χ1) is 20.4. The van der Waals surface area contributed by atoms with E-state index in [4.69, 9.17) is 14.9 Å². The van der Waals surface area contributed by atoms with E-state index in [0.717, 1.165) is 31.0 Å². The molecule has 0 aromatic heterocycles. The Labute approximate surface area is 254 Å². The summed E-state index contributed by atoms with van der Waals surface area (Å²) in [6.07, 6.45) is 18.2. The predicted octanol–water partition coefficient (Wildman–Crippen LogP) is 7.80. The molecule has 0 heterocycles. The van der Waals surface area contributed by atoms with E-state index in [1.807, 2.05) is 6.07 Å².